The fourth-order valence-electron chi connectivity index (χ4n) is 3.86. The van der Waals surface area contributed by atoms with Crippen molar-refractivity contribution in [3.63, 3.8) is 0 Å². The molecule has 2 heterocycles. The van der Waals surface area contributed by atoms with Crippen molar-refractivity contribution in [2.75, 3.05) is 26.2 Å². The van der Waals surface area contributed by atoms with E-state index in [0.29, 0.717) is 24.0 Å². The van der Waals surface area contributed by atoms with E-state index in [9.17, 15) is 9.59 Å². The van der Waals surface area contributed by atoms with Gasteiger partial charge in [-0.25, -0.2) is 4.98 Å². The molecule has 0 bridgehead atoms. The van der Waals surface area contributed by atoms with Gasteiger partial charge in [0.05, 0.1) is 16.9 Å². The molecular formula is C22H23BrN4O2. The zero-order valence-corrected chi connectivity index (χ0v) is 18.1. The number of fused-ring (bicyclic) bond motifs is 1. The van der Waals surface area contributed by atoms with Crippen LogP contribution in [-0.2, 0) is 7.05 Å². The molecule has 0 N–H and O–H groups in total. The highest BCUT2D eigenvalue weighted by Crippen LogP contribution is 2.21. The average molecular weight is 455 g/mol. The third-order valence-corrected chi connectivity index (χ3v) is 6.16. The summed E-state index contributed by atoms with van der Waals surface area (Å²) in [6.45, 7) is 4.86. The van der Waals surface area contributed by atoms with Gasteiger partial charge in [-0.2, -0.15) is 0 Å². The van der Waals surface area contributed by atoms with Gasteiger partial charge in [-0.1, -0.05) is 28.1 Å². The molecule has 1 saturated heterocycles. The normalized spacial score (nSPS) is 16.2. The van der Waals surface area contributed by atoms with Gasteiger partial charge in [0.15, 0.2) is 0 Å². The Morgan fingerprint density at radius 3 is 2.38 bits per heavy atom. The summed E-state index contributed by atoms with van der Waals surface area (Å²) >= 11 is 3.40. The number of halogens is 1. The van der Waals surface area contributed by atoms with Gasteiger partial charge in [0.1, 0.15) is 5.82 Å². The molecule has 1 atom stereocenters. The predicted octanol–water partition coefficient (Wildman–Crippen LogP) is 3.22. The fraction of sp³-hybridized carbons (Fsp3) is 0.318. The molecule has 29 heavy (non-hydrogen) atoms. The predicted molar refractivity (Wildman–Crippen MR) is 117 cm³/mol. The highest BCUT2D eigenvalue weighted by atomic mass is 79.9. The standard InChI is InChI=1S/C22H23BrN4O2/c1-15(20-24-19-6-4-3-5-18(19)22(29)25(20)2)26-11-13-27(14-12-26)21(28)16-7-9-17(23)10-8-16/h3-10,15H,11-14H2,1-2H3. The van der Waals surface area contributed by atoms with Gasteiger partial charge in [0.2, 0.25) is 0 Å². The highest BCUT2D eigenvalue weighted by Gasteiger charge is 2.27. The first-order valence-electron chi connectivity index (χ1n) is 9.70. The number of piperazine rings is 1. The van der Waals surface area contributed by atoms with E-state index in [0.717, 1.165) is 28.9 Å². The minimum Gasteiger partial charge on any atom is -0.336 e. The molecule has 1 aliphatic heterocycles. The first-order chi connectivity index (χ1) is 14.0. The van der Waals surface area contributed by atoms with Gasteiger partial charge in [-0.15, -0.1) is 0 Å². The van der Waals surface area contributed by atoms with Crippen molar-refractivity contribution in [3.8, 4) is 0 Å². The van der Waals surface area contributed by atoms with Crippen LogP contribution in [0.2, 0.25) is 0 Å². The second kappa shape index (κ2) is 8.08. The van der Waals surface area contributed by atoms with E-state index in [4.69, 9.17) is 4.98 Å². The summed E-state index contributed by atoms with van der Waals surface area (Å²) < 4.78 is 2.60. The van der Waals surface area contributed by atoms with Crippen LogP contribution in [0.5, 0.6) is 0 Å². The Morgan fingerprint density at radius 1 is 1.03 bits per heavy atom. The van der Waals surface area contributed by atoms with E-state index in [1.807, 2.05) is 53.4 Å². The first kappa shape index (κ1) is 19.8. The summed E-state index contributed by atoms with van der Waals surface area (Å²) in [5.41, 5.74) is 1.40. The molecule has 0 aliphatic carbocycles. The van der Waals surface area contributed by atoms with Gasteiger partial charge in [-0.3, -0.25) is 19.1 Å². The van der Waals surface area contributed by atoms with E-state index < -0.39 is 0 Å². The van der Waals surface area contributed by atoms with E-state index in [2.05, 4.69) is 27.8 Å². The summed E-state index contributed by atoms with van der Waals surface area (Å²) in [7, 11) is 1.78. The third kappa shape index (κ3) is 3.84. The van der Waals surface area contributed by atoms with Gasteiger partial charge in [-0.05, 0) is 43.3 Å². The lowest BCUT2D eigenvalue weighted by molar-refractivity contribution is 0.0572. The van der Waals surface area contributed by atoms with Crippen LogP contribution in [-0.4, -0.2) is 51.4 Å². The Labute approximate surface area is 177 Å². The van der Waals surface area contributed by atoms with Crippen molar-refractivity contribution < 1.29 is 4.79 Å². The smallest absolute Gasteiger partial charge is 0.261 e. The van der Waals surface area contributed by atoms with E-state index in [1.165, 1.54) is 0 Å². The number of rotatable bonds is 3. The molecular weight excluding hydrogens is 432 g/mol. The van der Waals surface area contributed by atoms with Crippen molar-refractivity contribution in [1.82, 2.24) is 19.4 Å². The summed E-state index contributed by atoms with van der Waals surface area (Å²) in [5.74, 6) is 0.808. The van der Waals surface area contributed by atoms with Crippen LogP contribution >= 0.6 is 15.9 Å². The maximum Gasteiger partial charge on any atom is 0.261 e. The SMILES string of the molecule is CC(c1nc2ccccc2c(=O)n1C)N1CCN(C(=O)c2ccc(Br)cc2)CC1. The number of para-hydroxylation sites is 1. The maximum atomic E-state index is 12.7. The Bertz CT molecular complexity index is 1100. The summed E-state index contributed by atoms with van der Waals surface area (Å²) in [4.78, 5) is 34.4. The lowest BCUT2D eigenvalue weighted by Gasteiger charge is -2.38. The van der Waals surface area contributed by atoms with Crippen LogP contribution in [0.15, 0.2) is 57.8 Å². The van der Waals surface area contributed by atoms with Crippen LogP contribution in [0.25, 0.3) is 10.9 Å². The Morgan fingerprint density at radius 2 is 1.69 bits per heavy atom. The monoisotopic (exact) mass is 454 g/mol. The van der Waals surface area contributed by atoms with Gasteiger partial charge in [0, 0.05) is 43.3 Å². The second-order valence-electron chi connectivity index (χ2n) is 7.36. The van der Waals surface area contributed by atoms with Gasteiger partial charge < -0.3 is 4.90 Å². The molecule has 1 unspecified atom stereocenters. The number of hydrogen-bond acceptors (Lipinski definition) is 4. The Balaban J connectivity index is 1.49. The van der Waals surface area contributed by atoms with E-state index in [-0.39, 0.29) is 17.5 Å². The third-order valence-electron chi connectivity index (χ3n) is 5.63. The number of hydrogen-bond donors (Lipinski definition) is 0. The maximum absolute atomic E-state index is 12.7. The topological polar surface area (TPSA) is 58.4 Å². The number of amides is 1. The quantitative estimate of drug-likeness (QED) is 0.609. The molecule has 7 heteroatoms. The van der Waals surface area contributed by atoms with Gasteiger partial charge >= 0.3 is 0 Å². The minimum atomic E-state index is -0.0264. The lowest BCUT2D eigenvalue weighted by Crippen LogP contribution is -2.49. The fourth-order valence-corrected chi connectivity index (χ4v) is 4.12. The number of aromatic nitrogens is 2. The van der Waals surface area contributed by atoms with Crippen LogP contribution < -0.4 is 5.56 Å². The second-order valence-corrected chi connectivity index (χ2v) is 8.28. The van der Waals surface area contributed by atoms with Crippen LogP contribution in [0.3, 0.4) is 0 Å². The van der Waals surface area contributed by atoms with Crippen LogP contribution in [0.4, 0.5) is 0 Å². The molecule has 1 aliphatic rings. The molecule has 2 aromatic carbocycles. The average Bonchev–Trinajstić information content (AvgIpc) is 2.76. The Kier molecular flexibility index (Phi) is 5.52. The molecule has 0 saturated carbocycles. The van der Waals surface area contributed by atoms with Crippen molar-refractivity contribution in [2.24, 2.45) is 7.05 Å². The van der Waals surface area contributed by atoms with Crippen molar-refractivity contribution >= 4 is 32.7 Å². The number of carbonyl (C=O) groups excluding carboxylic acids is 1. The van der Waals surface area contributed by atoms with Crippen molar-refractivity contribution in [1.29, 1.82) is 0 Å². The number of nitrogens with zero attached hydrogens (tertiary/aromatic N) is 4. The largest absolute Gasteiger partial charge is 0.336 e. The first-order valence-corrected chi connectivity index (χ1v) is 10.5. The van der Waals surface area contributed by atoms with Gasteiger partial charge in [0.25, 0.3) is 11.5 Å². The molecule has 0 spiro atoms. The lowest BCUT2D eigenvalue weighted by atomic mass is 10.1. The summed E-state index contributed by atoms with van der Waals surface area (Å²) in [5, 5.41) is 0.635. The zero-order chi connectivity index (χ0) is 20.5. The van der Waals surface area contributed by atoms with E-state index >= 15 is 0 Å². The minimum absolute atomic E-state index is 0.0118. The molecule has 3 aromatic rings. The van der Waals surface area contributed by atoms with Crippen LogP contribution in [0, 0.1) is 0 Å². The number of carbonyl (C=O) groups is 1. The van der Waals surface area contributed by atoms with Crippen molar-refractivity contribution in [2.45, 2.75) is 13.0 Å². The summed E-state index contributed by atoms with van der Waals surface area (Å²) in [6, 6.07) is 14.9. The molecule has 0 radical (unpaired) electrons. The Hall–Kier alpha value is -2.51. The van der Waals surface area contributed by atoms with Crippen LogP contribution in [0.1, 0.15) is 29.1 Å². The summed E-state index contributed by atoms with van der Waals surface area (Å²) in [6.07, 6.45) is 0. The highest BCUT2D eigenvalue weighted by molar-refractivity contribution is 9.10. The zero-order valence-electron chi connectivity index (χ0n) is 16.5. The molecule has 4 rings (SSSR count). The molecule has 1 amide bonds. The molecule has 150 valence electrons. The molecule has 6 nitrogen and oxygen atoms in total. The molecule has 1 fully saturated rings. The molecule has 1 aromatic heterocycles. The van der Waals surface area contributed by atoms with Crippen molar-refractivity contribution in [3.05, 3.63) is 74.7 Å². The number of benzene rings is 2. The van der Waals surface area contributed by atoms with E-state index in [1.54, 1.807) is 11.6 Å².